The average molecular weight is 365 g/mol. The van der Waals surface area contributed by atoms with Crippen LogP contribution in [0.2, 0.25) is 0 Å². The maximum absolute atomic E-state index is 11.8. The summed E-state index contributed by atoms with van der Waals surface area (Å²) in [5, 5.41) is 6.56. The van der Waals surface area contributed by atoms with Crippen molar-refractivity contribution in [1.82, 2.24) is 10.7 Å². The van der Waals surface area contributed by atoms with Crippen LogP contribution in [-0.4, -0.2) is 31.2 Å². The van der Waals surface area contributed by atoms with Crippen LogP contribution in [0.15, 0.2) is 65.8 Å². The minimum absolute atomic E-state index is 0.145. The number of carbonyl (C=O) groups is 2. The average Bonchev–Trinajstić information content (AvgIpc) is 2.70. The number of hydrogen-bond acceptors (Lipinski definition) is 4. The first-order valence-electron chi connectivity index (χ1n) is 8.52. The number of benzene rings is 2. The fourth-order valence-corrected chi connectivity index (χ4v) is 2.24. The van der Waals surface area contributed by atoms with Crippen LogP contribution < -0.4 is 15.5 Å². The lowest BCUT2D eigenvalue weighted by molar-refractivity contribution is -0.123. The van der Waals surface area contributed by atoms with E-state index >= 15 is 0 Å². The van der Waals surface area contributed by atoms with Crippen molar-refractivity contribution in [3.05, 3.63) is 71.8 Å². The van der Waals surface area contributed by atoms with E-state index in [9.17, 15) is 9.59 Å². The molecule has 0 atom stereocenters. The van der Waals surface area contributed by atoms with E-state index < -0.39 is 0 Å². The van der Waals surface area contributed by atoms with E-state index in [0.29, 0.717) is 6.42 Å². The summed E-state index contributed by atoms with van der Waals surface area (Å²) in [6.45, 7) is 1.69. The number of nitrogens with one attached hydrogen (secondary N) is 2. The third kappa shape index (κ3) is 7.56. The lowest BCUT2D eigenvalue weighted by Crippen LogP contribution is -2.34. The molecule has 2 aromatic rings. The van der Waals surface area contributed by atoms with E-state index in [4.69, 9.17) is 4.74 Å². The van der Waals surface area contributed by atoms with Gasteiger partial charge in [-0.15, -0.1) is 0 Å². The van der Waals surface area contributed by atoms with E-state index in [1.807, 2.05) is 49.4 Å². The van der Waals surface area contributed by atoms with Crippen molar-refractivity contribution in [2.45, 2.75) is 13.3 Å². The summed E-state index contributed by atoms with van der Waals surface area (Å²) in [5.41, 5.74) is 5.19. The second-order valence-corrected chi connectivity index (χ2v) is 5.87. The van der Waals surface area contributed by atoms with Crippen LogP contribution in [0.25, 0.3) is 6.08 Å². The normalized spacial score (nSPS) is 11.3. The predicted octanol–water partition coefficient (Wildman–Crippen LogP) is 2.56. The Morgan fingerprint density at radius 1 is 1.07 bits per heavy atom. The van der Waals surface area contributed by atoms with Gasteiger partial charge in [-0.05, 0) is 36.3 Å². The highest BCUT2D eigenvalue weighted by Crippen LogP contribution is 2.12. The smallest absolute Gasteiger partial charge is 0.259 e. The lowest BCUT2D eigenvalue weighted by Gasteiger charge is -2.04. The molecule has 6 nitrogen and oxygen atoms in total. The molecular weight excluding hydrogens is 342 g/mol. The van der Waals surface area contributed by atoms with Gasteiger partial charge in [0.1, 0.15) is 5.75 Å². The van der Waals surface area contributed by atoms with Crippen molar-refractivity contribution >= 4 is 23.6 Å². The van der Waals surface area contributed by atoms with Gasteiger partial charge < -0.3 is 10.1 Å². The van der Waals surface area contributed by atoms with Crippen molar-refractivity contribution < 1.29 is 14.3 Å². The summed E-state index contributed by atoms with van der Waals surface area (Å²) in [5.74, 6) is 0.0101. The SMILES string of the molecule is COc1ccc(C=CC(=O)NCC(=O)NN=C(C)Cc2ccccc2)cc1. The zero-order valence-corrected chi connectivity index (χ0v) is 15.4. The highest BCUT2D eigenvalue weighted by molar-refractivity contribution is 5.94. The molecule has 0 fully saturated rings. The van der Waals surface area contributed by atoms with Gasteiger partial charge in [-0.1, -0.05) is 42.5 Å². The quantitative estimate of drug-likeness (QED) is 0.429. The van der Waals surface area contributed by atoms with Crippen molar-refractivity contribution in [1.29, 1.82) is 0 Å². The molecule has 0 saturated heterocycles. The molecule has 27 heavy (non-hydrogen) atoms. The maximum Gasteiger partial charge on any atom is 0.259 e. The zero-order chi connectivity index (χ0) is 19.5. The molecule has 0 aliphatic heterocycles. The van der Waals surface area contributed by atoms with E-state index in [1.54, 1.807) is 25.3 Å². The van der Waals surface area contributed by atoms with Gasteiger partial charge in [-0.25, -0.2) is 5.43 Å². The second kappa shape index (κ2) is 10.6. The third-order valence-corrected chi connectivity index (χ3v) is 3.64. The van der Waals surface area contributed by atoms with Crippen LogP contribution >= 0.6 is 0 Å². The molecule has 0 unspecified atom stereocenters. The van der Waals surface area contributed by atoms with Gasteiger partial charge in [0.15, 0.2) is 0 Å². The zero-order valence-electron chi connectivity index (χ0n) is 15.4. The Morgan fingerprint density at radius 3 is 2.44 bits per heavy atom. The van der Waals surface area contributed by atoms with Gasteiger partial charge in [0.25, 0.3) is 5.91 Å². The molecule has 2 N–H and O–H groups in total. The van der Waals surface area contributed by atoms with Crippen LogP contribution in [0, 0.1) is 0 Å². The molecule has 0 aromatic heterocycles. The van der Waals surface area contributed by atoms with E-state index in [1.165, 1.54) is 6.08 Å². The van der Waals surface area contributed by atoms with Crippen molar-refractivity contribution in [2.24, 2.45) is 5.10 Å². The summed E-state index contributed by atoms with van der Waals surface area (Å²) >= 11 is 0. The van der Waals surface area contributed by atoms with E-state index in [0.717, 1.165) is 22.6 Å². The maximum atomic E-state index is 11.8. The Kier molecular flexibility index (Phi) is 7.78. The Labute approximate surface area is 158 Å². The van der Waals surface area contributed by atoms with Crippen LogP contribution in [0.1, 0.15) is 18.1 Å². The fourth-order valence-electron chi connectivity index (χ4n) is 2.24. The third-order valence-electron chi connectivity index (χ3n) is 3.64. The minimum Gasteiger partial charge on any atom is -0.497 e. The highest BCUT2D eigenvalue weighted by Gasteiger charge is 2.03. The highest BCUT2D eigenvalue weighted by atomic mass is 16.5. The Bertz CT molecular complexity index is 812. The number of ether oxygens (including phenoxy) is 1. The topological polar surface area (TPSA) is 79.8 Å². The van der Waals surface area contributed by atoms with Crippen LogP contribution in [0.4, 0.5) is 0 Å². The molecule has 0 saturated carbocycles. The van der Waals surface area contributed by atoms with Crippen LogP contribution in [0.5, 0.6) is 5.75 Å². The molecular formula is C21H23N3O3. The molecule has 0 bridgehead atoms. The minimum atomic E-state index is -0.381. The Morgan fingerprint density at radius 2 is 1.78 bits per heavy atom. The molecule has 2 rings (SSSR count). The first kappa shape index (κ1) is 19.9. The van der Waals surface area contributed by atoms with Crippen LogP contribution in [-0.2, 0) is 16.0 Å². The number of nitrogens with zero attached hydrogens (tertiary/aromatic N) is 1. The number of amides is 2. The molecule has 140 valence electrons. The standard InChI is InChI=1S/C21H23N3O3/c1-16(14-18-6-4-3-5-7-18)23-24-21(26)15-22-20(25)13-10-17-8-11-19(27-2)12-9-17/h3-13H,14-15H2,1-2H3,(H,22,25)(H,24,26). The largest absolute Gasteiger partial charge is 0.497 e. The molecule has 0 aliphatic carbocycles. The summed E-state index contributed by atoms with van der Waals surface area (Å²) in [4.78, 5) is 23.6. The Balaban J connectivity index is 1.73. The summed E-state index contributed by atoms with van der Waals surface area (Å²) < 4.78 is 5.07. The molecule has 0 radical (unpaired) electrons. The van der Waals surface area contributed by atoms with Crippen molar-refractivity contribution in [3.63, 3.8) is 0 Å². The van der Waals surface area contributed by atoms with E-state index in [2.05, 4.69) is 15.8 Å². The number of carbonyl (C=O) groups excluding carboxylic acids is 2. The molecule has 0 heterocycles. The second-order valence-electron chi connectivity index (χ2n) is 5.87. The summed E-state index contributed by atoms with van der Waals surface area (Å²) in [7, 11) is 1.59. The number of hydrazone groups is 1. The molecule has 2 amide bonds. The van der Waals surface area contributed by atoms with Gasteiger partial charge in [-0.2, -0.15) is 5.10 Å². The van der Waals surface area contributed by atoms with Gasteiger partial charge in [0, 0.05) is 18.2 Å². The van der Waals surface area contributed by atoms with Gasteiger partial charge in [0.05, 0.1) is 13.7 Å². The van der Waals surface area contributed by atoms with E-state index in [-0.39, 0.29) is 18.4 Å². The van der Waals surface area contributed by atoms with Crippen molar-refractivity contribution in [2.75, 3.05) is 13.7 Å². The fraction of sp³-hybridized carbons (Fsp3) is 0.190. The monoisotopic (exact) mass is 365 g/mol. The first-order chi connectivity index (χ1) is 13.1. The summed E-state index contributed by atoms with van der Waals surface area (Å²) in [6, 6.07) is 17.1. The molecule has 2 aromatic carbocycles. The predicted molar refractivity (Wildman–Crippen MR) is 106 cm³/mol. The summed E-state index contributed by atoms with van der Waals surface area (Å²) in [6.07, 6.45) is 3.69. The van der Waals surface area contributed by atoms with Crippen LogP contribution in [0.3, 0.4) is 0 Å². The number of methoxy groups -OCH3 is 1. The molecule has 0 aliphatic rings. The van der Waals surface area contributed by atoms with Crippen molar-refractivity contribution in [3.8, 4) is 5.75 Å². The number of rotatable bonds is 8. The van der Waals surface area contributed by atoms with Gasteiger partial charge in [-0.3, -0.25) is 9.59 Å². The van der Waals surface area contributed by atoms with Gasteiger partial charge >= 0.3 is 0 Å². The molecule has 0 spiro atoms. The Hall–Kier alpha value is -3.41. The van der Waals surface area contributed by atoms with Gasteiger partial charge in [0.2, 0.25) is 5.91 Å². The lowest BCUT2D eigenvalue weighted by atomic mass is 10.1. The number of hydrogen-bond donors (Lipinski definition) is 2. The molecule has 6 heteroatoms. The first-order valence-corrected chi connectivity index (χ1v) is 8.52.